The van der Waals surface area contributed by atoms with E-state index in [2.05, 4.69) is 0 Å². The summed E-state index contributed by atoms with van der Waals surface area (Å²) in [6.07, 6.45) is -9.58. The maximum Gasteiger partial charge on any atom is 0.187 e. The van der Waals surface area contributed by atoms with E-state index in [0.717, 1.165) is 0 Å². The van der Waals surface area contributed by atoms with Crippen LogP contribution in [0.25, 0.3) is 0 Å². The highest BCUT2D eigenvalue weighted by Gasteiger charge is 2.45. The smallest absolute Gasteiger partial charge is 0.187 e. The molecule has 9 nitrogen and oxygen atoms in total. The lowest BCUT2D eigenvalue weighted by molar-refractivity contribution is -0.319. The summed E-state index contributed by atoms with van der Waals surface area (Å²) in [6.45, 7) is -0.594. The maximum atomic E-state index is 11.1. The Hall–Kier alpha value is -2.24. The molecule has 2 unspecified atom stereocenters. The predicted molar refractivity (Wildman–Crippen MR) is 109 cm³/mol. The van der Waals surface area contributed by atoms with Gasteiger partial charge in [0, 0.05) is 6.07 Å². The standard InChI is InChI=1S/C22H28O9/c1-28-14-8-13(9-15(10-14)29-2)21(17(24)12-6-4-3-5-7-12)31-22-20(27)19(26)18(25)16(11-23)30-22/h3-10,16-27H,11H2,1-2H3/t16-,17?,18-,19+,20-,21?,22+/m1/s1. The molecule has 7 atom stereocenters. The number of rotatable bonds is 8. The van der Waals surface area contributed by atoms with Crippen molar-refractivity contribution in [3.05, 3.63) is 59.7 Å². The Bertz CT molecular complexity index is 807. The fraction of sp³-hybridized carbons (Fsp3) is 0.455. The van der Waals surface area contributed by atoms with E-state index in [9.17, 15) is 25.5 Å². The molecular formula is C22H28O9. The summed E-state index contributed by atoms with van der Waals surface area (Å²) in [5.74, 6) is 0.911. The van der Waals surface area contributed by atoms with Gasteiger partial charge in [-0.05, 0) is 23.3 Å². The van der Waals surface area contributed by atoms with E-state index in [1.807, 2.05) is 0 Å². The van der Waals surface area contributed by atoms with Crippen LogP contribution in [0.2, 0.25) is 0 Å². The van der Waals surface area contributed by atoms with Crippen molar-refractivity contribution in [1.29, 1.82) is 0 Å². The van der Waals surface area contributed by atoms with Gasteiger partial charge in [-0.25, -0.2) is 0 Å². The minimum absolute atomic E-state index is 0.456. The number of ether oxygens (including phenoxy) is 4. The van der Waals surface area contributed by atoms with Gasteiger partial charge in [-0.1, -0.05) is 30.3 Å². The third-order valence-electron chi connectivity index (χ3n) is 5.26. The van der Waals surface area contributed by atoms with Crippen molar-refractivity contribution in [2.75, 3.05) is 20.8 Å². The molecule has 0 aromatic heterocycles. The van der Waals surface area contributed by atoms with Crippen molar-refractivity contribution in [3.63, 3.8) is 0 Å². The Balaban J connectivity index is 1.98. The average Bonchev–Trinajstić information content (AvgIpc) is 2.81. The lowest BCUT2D eigenvalue weighted by Gasteiger charge is -2.41. The van der Waals surface area contributed by atoms with Crippen molar-refractivity contribution in [3.8, 4) is 11.5 Å². The Morgan fingerprint density at radius 2 is 1.48 bits per heavy atom. The Labute approximate surface area is 180 Å². The van der Waals surface area contributed by atoms with Crippen LogP contribution < -0.4 is 9.47 Å². The molecule has 0 saturated carbocycles. The molecule has 1 heterocycles. The fourth-order valence-corrected chi connectivity index (χ4v) is 3.48. The summed E-state index contributed by atoms with van der Waals surface area (Å²) >= 11 is 0. The molecule has 170 valence electrons. The lowest BCUT2D eigenvalue weighted by Crippen LogP contribution is -2.59. The first-order valence-corrected chi connectivity index (χ1v) is 9.81. The molecule has 1 aliphatic heterocycles. The van der Waals surface area contributed by atoms with Gasteiger partial charge in [0.1, 0.15) is 48.1 Å². The average molecular weight is 436 g/mol. The largest absolute Gasteiger partial charge is 0.497 e. The second-order valence-corrected chi connectivity index (χ2v) is 7.26. The summed E-state index contributed by atoms with van der Waals surface area (Å²) in [4.78, 5) is 0. The number of methoxy groups -OCH3 is 2. The highest BCUT2D eigenvalue weighted by molar-refractivity contribution is 5.40. The minimum Gasteiger partial charge on any atom is -0.497 e. The third kappa shape index (κ3) is 5.16. The van der Waals surface area contributed by atoms with Crippen LogP contribution >= 0.6 is 0 Å². The molecule has 2 aromatic carbocycles. The van der Waals surface area contributed by atoms with Gasteiger partial charge < -0.3 is 44.5 Å². The Kier molecular flexibility index (Phi) is 7.84. The van der Waals surface area contributed by atoms with Crippen molar-refractivity contribution in [2.45, 2.75) is 42.9 Å². The van der Waals surface area contributed by atoms with Gasteiger partial charge >= 0.3 is 0 Å². The van der Waals surface area contributed by atoms with E-state index in [1.165, 1.54) is 14.2 Å². The molecule has 0 amide bonds. The van der Waals surface area contributed by atoms with Crippen LogP contribution in [-0.2, 0) is 9.47 Å². The van der Waals surface area contributed by atoms with Gasteiger partial charge in [0.2, 0.25) is 0 Å². The van der Waals surface area contributed by atoms with Gasteiger partial charge in [-0.3, -0.25) is 0 Å². The monoisotopic (exact) mass is 436 g/mol. The topological polar surface area (TPSA) is 138 Å². The molecule has 2 aromatic rings. The van der Waals surface area contributed by atoms with E-state index in [-0.39, 0.29) is 0 Å². The van der Waals surface area contributed by atoms with Gasteiger partial charge in [0.05, 0.1) is 20.8 Å². The van der Waals surface area contributed by atoms with Gasteiger partial charge in [0.15, 0.2) is 6.29 Å². The summed E-state index contributed by atoms with van der Waals surface area (Å²) in [7, 11) is 2.97. The van der Waals surface area contributed by atoms with Crippen LogP contribution in [0.4, 0.5) is 0 Å². The van der Waals surface area contributed by atoms with Crippen LogP contribution in [0, 0.1) is 0 Å². The maximum absolute atomic E-state index is 11.1. The molecular weight excluding hydrogens is 408 g/mol. The zero-order valence-electron chi connectivity index (χ0n) is 17.2. The molecule has 1 fully saturated rings. The fourth-order valence-electron chi connectivity index (χ4n) is 3.48. The Morgan fingerprint density at radius 3 is 2.03 bits per heavy atom. The van der Waals surface area contributed by atoms with Gasteiger partial charge in [-0.2, -0.15) is 0 Å². The zero-order chi connectivity index (χ0) is 22.5. The van der Waals surface area contributed by atoms with Crippen molar-refractivity contribution < 1.29 is 44.5 Å². The van der Waals surface area contributed by atoms with Crippen LogP contribution in [0.15, 0.2) is 48.5 Å². The van der Waals surface area contributed by atoms with E-state index in [4.69, 9.17) is 18.9 Å². The van der Waals surface area contributed by atoms with Gasteiger partial charge in [0.25, 0.3) is 0 Å². The molecule has 1 aliphatic rings. The minimum atomic E-state index is -1.62. The van der Waals surface area contributed by atoms with E-state index in [1.54, 1.807) is 48.5 Å². The SMILES string of the molecule is COc1cc(OC)cc(C(O[C@@H]2O[C@H](CO)[C@@H](O)[C@H](O)[C@H]2O)C(O)c2ccccc2)c1. The second-order valence-electron chi connectivity index (χ2n) is 7.26. The van der Waals surface area contributed by atoms with Crippen LogP contribution in [-0.4, -0.2) is 77.1 Å². The molecule has 1 saturated heterocycles. The number of benzene rings is 2. The van der Waals surface area contributed by atoms with Crippen LogP contribution in [0.3, 0.4) is 0 Å². The lowest BCUT2D eigenvalue weighted by atomic mass is 9.96. The summed E-state index contributed by atoms with van der Waals surface area (Å²) in [5, 5.41) is 51.1. The number of hydrogen-bond donors (Lipinski definition) is 5. The van der Waals surface area contributed by atoms with Crippen molar-refractivity contribution in [1.82, 2.24) is 0 Å². The van der Waals surface area contributed by atoms with Gasteiger partial charge in [-0.15, -0.1) is 0 Å². The molecule has 0 spiro atoms. The van der Waals surface area contributed by atoms with Crippen molar-refractivity contribution >= 4 is 0 Å². The number of aliphatic hydroxyl groups excluding tert-OH is 5. The third-order valence-corrected chi connectivity index (χ3v) is 5.26. The highest BCUT2D eigenvalue weighted by Crippen LogP contribution is 2.38. The number of hydrogen-bond acceptors (Lipinski definition) is 9. The predicted octanol–water partition coefficient (Wildman–Crippen LogP) is 0.295. The summed E-state index contributed by atoms with van der Waals surface area (Å²) < 4.78 is 22.0. The zero-order valence-corrected chi connectivity index (χ0v) is 17.2. The molecule has 9 heteroatoms. The summed E-state index contributed by atoms with van der Waals surface area (Å²) in [6, 6.07) is 13.7. The number of aliphatic hydroxyl groups is 5. The first kappa shape index (κ1) is 23.4. The second kappa shape index (κ2) is 10.4. The van der Waals surface area contributed by atoms with Crippen LogP contribution in [0.1, 0.15) is 23.3 Å². The normalized spacial score (nSPS) is 28.0. The molecule has 0 radical (unpaired) electrons. The highest BCUT2D eigenvalue weighted by atomic mass is 16.7. The van der Waals surface area contributed by atoms with E-state index < -0.39 is 49.5 Å². The summed E-state index contributed by atoms with van der Waals surface area (Å²) in [5.41, 5.74) is 1.00. The quantitative estimate of drug-likeness (QED) is 0.395. The van der Waals surface area contributed by atoms with Crippen molar-refractivity contribution in [2.24, 2.45) is 0 Å². The molecule has 5 N–H and O–H groups in total. The van der Waals surface area contributed by atoms with E-state index in [0.29, 0.717) is 22.6 Å². The molecule has 0 aliphatic carbocycles. The first-order chi connectivity index (χ1) is 14.9. The first-order valence-electron chi connectivity index (χ1n) is 9.81. The molecule has 3 rings (SSSR count). The Morgan fingerprint density at radius 1 is 0.871 bits per heavy atom. The molecule has 0 bridgehead atoms. The molecule has 31 heavy (non-hydrogen) atoms. The van der Waals surface area contributed by atoms with E-state index >= 15 is 0 Å². The van der Waals surface area contributed by atoms with Crippen LogP contribution in [0.5, 0.6) is 11.5 Å².